The topological polar surface area (TPSA) is 81.9 Å². The first-order valence-electron chi connectivity index (χ1n) is 8.47. The summed E-state index contributed by atoms with van der Waals surface area (Å²) in [7, 11) is 0. The molecule has 0 fully saturated rings. The summed E-state index contributed by atoms with van der Waals surface area (Å²) < 4.78 is 0. The third kappa shape index (κ3) is 8.86. The first kappa shape index (κ1) is 19.0. The van der Waals surface area contributed by atoms with Gasteiger partial charge in [0, 0.05) is 6.42 Å². The SMILES string of the molecule is CCCCCCCCCCC(=O)NN=Cc1ccc(O)c(O)c1. The molecule has 23 heavy (non-hydrogen) atoms. The molecule has 0 atom stereocenters. The average Bonchev–Trinajstić information content (AvgIpc) is 2.53. The fourth-order valence-electron chi connectivity index (χ4n) is 2.27. The molecule has 1 aromatic rings. The number of amides is 1. The number of aromatic hydroxyl groups is 2. The molecule has 1 amide bonds. The van der Waals surface area contributed by atoms with Gasteiger partial charge in [-0.2, -0.15) is 5.10 Å². The largest absolute Gasteiger partial charge is 0.504 e. The van der Waals surface area contributed by atoms with Gasteiger partial charge in [-0.15, -0.1) is 0 Å². The Morgan fingerprint density at radius 1 is 1.04 bits per heavy atom. The predicted octanol–water partition coefficient (Wildman–Crippen LogP) is 4.08. The molecule has 1 aromatic carbocycles. The van der Waals surface area contributed by atoms with Crippen molar-refractivity contribution in [1.29, 1.82) is 0 Å². The highest BCUT2D eigenvalue weighted by atomic mass is 16.3. The summed E-state index contributed by atoms with van der Waals surface area (Å²) in [4.78, 5) is 11.6. The number of hydrogen-bond donors (Lipinski definition) is 3. The summed E-state index contributed by atoms with van der Waals surface area (Å²) in [6.45, 7) is 2.21. The summed E-state index contributed by atoms with van der Waals surface area (Å²) in [6, 6.07) is 4.35. The minimum absolute atomic E-state index is 0.102. The van der Waals surface area contributed by atoms with Gasteiger partial charge in [-0.25, -0.2) is 5.43 Å². The van der Waals surface area contributed by atoms with Crippen molar-refractivity contribution >= 4 is 12.1 Å². The van der Waals surface area contributed by atoms with Crippen LogP contribution in [0.1, 0.15) is 70.3 Å². The lowest BCUT2D eigenvalue weighted by molar-refractivity contribution is -0.121. The van der Waals surface area contributed by atoms with Crippen LogP contribution in [0.15, 0.2) is 23.3 Å². The Labute approximate surface area is 138 Å². The highest BCUT2D eigenvalue weighted by Crippen LogP contribution is 2.23. The molecule has 128 valence electrons. The van der Waals surface area contributed by atoms with Crippen LogP contribution in [0.3, 0.4) is 0 Å². The number of carbonyl (C=O) groups is 1. The van der Waals surface area contributed by atoms with E-state index in [-0.39, 0.29) is 17.4 Å². The number of nitrogens with one attached hydrogen (secondary N) is 1. The van der Waals surface area contributed by atoms with Crippen molar-refractivity contribution < 1.29 is 15.0 Å². The van der Waals surface area contributed by atoms with Crippen molar-refractivity contribution in [3.05, 3.63) is 23.8 Å². The van der Waals surface area contributed by atoms with E-state index in [0.29, 0.717) is 12.0 Å². The van der Waals surface area contributed by atoms with E-state index in [2.05, 4.69) is 17.5 Å². The average molecular weight is 320 g/mol. The molecule has 0 saturated heterocycles. The number of carbonyl (C=O) groups excluding carboxylic acids is 1. The van der Waals surface area contributed by atoms with E-state index in [1.54, 1.807) is 6.07 Å². The van der Waals surface area contributed by atoms with Gasteiger partial charge < -0.3 is 10.2 Å². The van der Waals surface area contributed by atoms with Crippen LogP contribution in [0, 0.1) is 0 Å². The molecule has 0 radical (unpaired) electrons. The Bertz CT molecular complexity index is 501. The second-order valence-electron chi connectivity index (χ2n) is 5.77. The van der Waals surface area contributed by atoms with E-state index in [1.165, 1.54) is 56.9 Å². The lowest BCUT2D eigenvalue weighted by atomic mass is 10.1. The standard InChI is InChI=1S/C18H28N2O3/c1-2-3-4-5-6-7-8-9-10-18(23)20-19-14-15-11-12-16(21)17(22)13-15/h11-14,21-22H,2-10H2,1H3,(H,20,23). The van der Waals surface area contributed by atoms with Gasteiger partial charge >= 0.3 is 0 Å². The van der Waals surface area contributed by atoms with E-state index in [0.717, 1.165) is 12.8 Å². The number of phenolic OH excluding ortho intramolecular Hbond substituents is 2. The highest BCUT2D eigenvalue weighted by Gasteiger charge is 2.00. The summed E-state index contributed by atoms with van der Waals surface area (Å²) in [6.07, 6.45) is 11.5. The third-order valence-corrected chi connectivity index (χ3v) is 3.66. The Morgan fingerprint density at radius 3 is 2.35 bits per heavy atom. The van der Waals surface area contributed by atoms with Gasteiger partial charge in [0.1, 0.15) is 0 Å². The number of rotatable bonds is 11. The van der Waals surface area contributed by atoms with Crippen LogP contribution < -0.4 is 5.43 Å². The highest BCUT2D eigenvalue weighted by molar-refractivity contribution is 5.83. The van der Waals surface area contributed by atoms with E-state index in [4.69, 9.17) is 0 Å². The molecule has 0 saturated carbocycles. The molecule has 0 aliphatic rings. The maximum Gasteiger partial charge on any atom is 0.240 e. The second-order valence-corrected chi connectivity index (χ2v) is 5.77. The lowest BCUT2D eigenvalue weighted by Gasteiger charge is -2.02. The molecule has 5 nitrogen and oxygen atoms in total. The van der Waals surface area contributed by atoms with Gasteiger partial charge in [0.25, 0.3) is 0 Å². The normalized spacial score (nSPS) is 11.0. The van der Waals surface area contributed by atoms with Crippen LogP contribution in [0.25, 0.3) is 0 Å². The Balaban J connectivity index is 2.10. The molecule has 5 heteroatoms. The van der Waals surface area contributed by atoms with Gasteiger partial charge in [-0.1, -0.05) is 51.9 Å². The zero-order valence-electron chi connectivity index (χ0n) is 13.9. The molecule has 0 heterocycles. The molecule has 3 N–H and O–H groups in total. The van der Waals surface area contributed by atoms with Crippen LogP contribution in [0.5, 0.6) is 11.5 Å². The minimum Gasteiger partial charge on any atom is -0.504 e. The smallest absolute Gasteiger partial charge is 0.240 e. The Kier molecular flexibility index (Phi) is 9.52. The number of phenols is 2. The van der Waals surface area contributed by atoms with Crippen molar-refractivity contribution in [2.75, 3.05) is 0 Å². The van der Waals surface area contributed by atoms with E-state index in [1.807, 2.05) is 0 Å². The minimum atomic E-state index is -0.209. The number of unbranched alkanes of at least 4 members (excludes halogenated alkanes) is 7. The van der Waals surface area contributed by atoms with Crippen molar-refractivity contribution in [3.8, 4) is 11.5 Å². The van der Waals surface area contributed by atoms with Gasteiger partial charge in [0.05, 0.1) is 6.21 Å². The second kappa shape index (κ2) is 11.5. The zero-order chi connectivity index (χ0) is 16.9. The van der Waals surface area contributed by atoms with Crippen LogP contribution in [-0.4, -0.2) is 22.3 Å². The molecule has 0 unspecified atom stereocenters. The Hall–Kier alpha value is -2.04. The van der Waals surface area contributed by atoms with Crippen LogP contribution in [-0.2, 0) is 4.79 Å². The quantitative estimate of drug-likeness (QED) is 0.249. The van der Waals surface area contributed by atoms with E-state index >= 15 is 0 Å². The molecular weight excluding hydrogens is 292 g/mol. The molecule has 0 aromatic heterocycles. The van der Waals surface area contributed by atoms with Gasteiger partial charge in [-0.05, 0) is 30.2 Å². The fourth-order valence-corrected chi connectivity index (χ4v) is 2.27. The van der Waals surface area contributed by atoms with E-state index in [9.17, 15) is 15.0 Å². The van der Waals surface area contributed by atoms with Crippen molar-refractivity contribution in [2.24, 2.45) is 5.10 Å². The zero-order valence-corrected chi connectivity index (χ0v) is 13.9. The lowest BCUT2D eigenvalue weighted by Crippen LogP contribution is -2.16. The van der Waals surface area contributed by atoms with Crippen LogP contribution in [0.2, 0.25) is 0 Å². The van der Waals surface area contributed by atoms with Crippen molar-refractivity contribution in [2.45, 2.75) is 64.7 Å². The Morgan fingerprint density at radius 2 is 1.70 bits per heavy atom. The van der Waals surface area contributed by atoms with Gasteiger partial charge in [0.2, 0.25) is 5.91 Å². The first-order valence-corrected chi connectivity index (χ1v) is 8.47. The maximum absolute atomic E-state index is 11.6. The number of nitrogens with zero attached hydrogens (tertiary/aromatic N) is 1. The van der Waals surface area contributed by atoms with Gasteiger partial charge in [-0.3, -0.25) is 4.79 Å². The maximum atomic E-state index is 11.6. The van der Waals surface area contributed by atoms with Crippen LogP contribution in [0.4, 0.5) is 0 Å². The van der Waals surface area contributed by atoms with Crippen molar-refractivity contribution in [1.82, 2.24) is 5.43 Å². The molecule has 0 bridgehead atoms. The predicted molar refractivity (Wildman–Crippen MR) is 92.7 cm³/mol. The van der Waals surface area contributed by atoms with Crippen molar-refractivity contribution in [3.63, 3.8) is 0 Å². The third-order valence-electron chi connectivity index (χ3n) is 3.66. The summed E-state index contributed by atoms with van der Waals surface area (Å²) >= 11 is 0. The van der Waals surface area contributed by atoms with Gasteiger partial charge in [0.15, 0.2) is 11.5 Å². The van der Waals surface area contributed by atoms with E-state index < -0.39 is 0 Å². The summed E-state index contributed by atoms with van der Waals surface area (Å²) in [5.74, 6) is -0.490. The first-order chi connectivity index (χ1) is 11.1. The monoisotopic (exact) mass is 320 g/mol. The summed E-state index contributed by atoms with van der Waals surface area (Å²) in [5, 5.41) is 22.4. The molecular formula is C18H28N2O3. The molecule has 0 aliphatic heterocycles. The number of hydrogen-bond acceptors (Lipinski definition) is 4. The molecule has 0 spiro atoms. The molecule has 0 aliphatic carbocycles. The molecule has 1 rings (SSSR count). The summed E-state index contributed by atoms with van der Waals surface area (Å²) in [5.41, 5.74) is 3.07. The van der Waals surface area contributed by atoms with Crippen LogP contribution >= 0.6 is 0 Å². The fraction of sp³-hybridized carbons (Fsp3) is 0.556. The number of benzene rings is 1. The number of hydrazone groups is 1.